The number of hydrogen-bond acceptors (Lipinski definition) is 9. The average Bonchev–Trinajstić information content (AvgIpc) is 3.73. The molecule has 6 aromatic rings. The summed E-state index contributed by atoms with van der Waals surface area (Å²) in [7, 11) is 1.59. The van der Waals surface area contributed by atoms with E-state index in [1.54, 1.807) is 31.6 Å². The van der Waals surface area contributed by atoms with Gasteiger partial charge >= 0.3 is 6.09 Å². The van der Waals surface area contributed by atoms with Crippen LogP contribution in [0.15, 0.2) is 85.2 Å². The molecule has 0 bridgehead atoms. The third kappa shape index (κ3) is 6.17. The van der Waals surface area contributed by atoms with E-state index in [1.165, 1.54) is 6.07 Å². The smallest absolute Gasteiger partial charge is 0.407 e. The summed E-state index contributed by atoms with van der Waals surface area (Å²) in [6.07, 6.45) is 5.78. The molecule has 9 rings (SSSR count). The van der Waals surface area contributed by atoms with Gasteiger partial charge in [-0.25, -0.2) is 28.2 Å². The lowest BCUT2D eigenvalue weighted by atomic mass is 9.90. The molecule has 3 aromatic heterocycles. The lowest BCUT2D eigenvalue weighted by Crippen LogP contribution is -2.36. The van der Waals surface area contributed by atoms with Crippen molar-refractivity contribution in [3.05, 3.63) is 114 Å². The molecule has 0 spiro atoms. The first-order valence-corrected chi connectivity index (χ1v) is 19.0. The lowest BCUT2D eigenvalue weighted by molar-refractivity contribution is -0.0368. The van der Waals surface area contributed by atoms with Crippen LogP contribution in [0.25, 0.3) is 33.3 Å². The van der Waals surface area contributed by atoms with E-state index in [0.29, 0.717) is 59.9 Å². The maximum Gasteiger partial charge on any atom is 0.407 e. The van der Waals surface area contributed by atoms with Crippen molar-refractivity contribution in [3.63, 3.8) is 0 Å². The number of nitrogens with one attached hydrogen (secondary N) is 2. The highest BCUT2D eigenvalue weighted by Gasteiger charge is 2.67. The number of halogens is 2. The van der Waals surface area contributed by atoms with Crippen LogP contribution in [0.2, 0.25) is 0 Å². The van der Waals surface area contributed by atoms with E-state index >= 15 is 4.39 Å². The Morgan fingerprint density at radius 2 is 1.84 bits per heavy atom. The van der Waals surface area contributed by atoms with Crippen molar-refractivity contribution >= 4 is 39.9 Å². The molecule has 56 heavy (non-hydrogen) atoms. The highest BCUT2D eigenvalue weighted by Crippen LogP contribution is 2.64. The number of anilines is 1. The molecule has 12 nitrogen and oxygen atoms in total. The zero-order valence-electron chi connectivity index (χ0n) is 30.8. The average molecular weight is 759 g/mol. The SMILES string of the molecule is CNC(=O)c1ccc(-c2nn(C3CCCCO3)c3nc(N4CC[C@@H]5[C@H](C4)[C@@]5(CNC(=O)OCc4ccccc4)c4cccc(F)c4F)cnc23)c2cccnc12. The van der Waals surface area contributed by atoms with Gasteiger partial charge in [0.1, 0.15) is 23.6 Å². The topological polar surface area (TPSA) is 136 Å². The standard InChI is InChI=1S/C42H40F2N8O4/c1-45-40(53)28-16-15-27(26-11-8-18-46-36(26)28)37-38-39(52(50-37)34-14-5-6-20-55-34)49-33(21-47-38)51-19-17-29-31(22-51)42(29,30-12-7-13-32(43)35(30)44)24-48-41(54)56-23-25-9-3-2-4-10-25/h2-4,7-13,15-16,18,21,29,31,34H,5-6,14,17,19-20,22-24H2,1H3,(H,45,53)(H,48,54)/t29-,31+,34?,42-/m1/s1. The number of alkyl carbamates (subject to hydrolysis) is 1. The monoisotopic (exact) mass is 758 g/mol. The molecule has 286 valence electrons. The van der Waals surface area contributed by atoms with Crippen LogP contribution in [-0.2, 0) is 21.5 Å². The Bertz CT molecular complexity index is 2460. The third-order valence-electron chi connectivity index (χ3n) is 11.7. The summed E-state index contributed by atoms with van der Waals surface area (Å²) in [5.74, 6) is -1.56. The minimum atomic E-state index is -0.925. The summed E-state index contributed by atoms with van der Waals surface area (Å²) >= 11 is 0. The molecule has 3 aromatic carbocycles. The van der Waals surface area contributed by atoms with Crippen molar-refractivity contribution in [3.8, 4) is 11.3 Å². The van der Waals surface area contributed by atoms with Crippen LogP contribution in [0.5, 0.6) is 0 Å². The molecule has 2 aliphatic heterocycles. The summed E-state index contributed by atoms with van der Waals surface area (Å²) in [6, 6.07) is 20.9. The van der Waals surface area contributed by atoms with Crippen molar-refractivity contribution in [2.75, 3.05) is 38.2 Å². The van der Waals surface area contributed by atoms with Crippen LogP contribution >= 0.6 is 0 Å². The van der Waals surface area contributed by atoms with Crippen molar-refractivity contribution in [2.24, 2.45) is 11.8 Å². The van der Waals surface area contributed by atoms with Gasteiger partial charge in [0, 0.05) is 55.9 Å². The number of nitrogens with zero attached hydrogens (tertiary/aromatic N) is 6. The Balaban J connectivity index is 1.04. The minimum Gasteiger partial charge on any atom is -0.445 e. The van der Waals surface area contributed by atoms with E-state index in [1.807, 2.05) is 53.2 Å². The van der Waals surface area contributed by atoms with Crippen molar-refractivity contribution in [1.29, 1.82) is 0 Å². The number of fused-ring (bicyclic) bond motifs is 3. The van der Waals surface area contributed by atoms with E-state index in [0.717, 1.165) is 41.8 Å². The minimum absolute atomic E-state index is 0.00594. The number of piperidine rings is 1. The van der Waals surface area contributed by atoms with Gasteiger partial charge < -0.3 is 25.0 Å². The largest absolute Gasteiger partial charge is 0.445 e. The molecule has 0 radical (unpaired) electrons. The molecule has 2 saturated heterocycles. The number of rotatable bonds is 9. The molecular weight excluding hydrogens is 719 g/mol. The third-order valence-corrected chi connectivity index (χ3v) is 11.7. The first kappa shape index (κ1) is 35.7. The quantitative estimate of drug-likeness (QED) is 0.165. The summed E-state index contributed by atoms with van der Waals surface area (Å²) in [6.45, 7) is 1.86. The van der Waals surface area contributed by atoms with Crippen LogP contribution in [0.4, 0.5) is 19.4 Å². The summed E-state index contributed by atoms with van der Waals surface area (Å²) in [4.78, 5) is 42.5. The highest BCUT2D eigenvalue weighted by atomic mass is 19.2. The van der Waals surface area contributed by atoms with Gasteiger partial charge in [0.05, 0.1) is 17.3 Å². The van der Waals surface area contributed by atoms with E-state index in [-0.39, 0.29) is 42.7 Å². The molecule has 1 saturated carbocycles. The maximum absolute atomic E-state index is 15.6. The lowest BCUT2D eigenvalue weighted by Gasteiger charge is -2.27. The predicted molar refractivity (Wildman–Crippen MR) is 205 cm³/mol. The molecule has 1 unspecified atom stereocenters. The van der Waals surface area contributed by atoms with Crippen LogP contribution < -0.4 is 15.5 Å². The number of pyridine rings is 1. The van der Waals surface area contributed by atoms with Crippen molar-refractivity contribution in [2.45, 2.75) is 43.9 Å². The first-order chi connectivity index (χ1) is 27.4. The van der Waals surface area contributed by atoms with Crippen LogP contribution in [0, 0.1) is 23.5 Å². The highest BCUT2D eigenvalue weighted by molar-refractivity contribution is 6.10. The van der Waals surface area contributed by atoms with E-state index < -0.39 is 23.1 Å². The number of carbonyl (C=O) groups is 2. The zero-order chi connectivity index (χ0) is 38.4. The molecule has 3 aliphatic rings. The van der Waals surface area contributed by atoms with Gasteiger partial charge in [0.25, 0.3) is 5.91 Å². The normalized spacial score (nSPS) is 21.8. The van der Waals surface area contributed by atoms with Crippen LogP contribution in [0.3, 0.4) is 0 Å². The maximum atomic E-state index is 15.6. The Kier molecular flexibility index (Phi) is 9.28. The molecule has 2 amide bonds. The molecular formula is C42H40F2N8O4. The van der Waals surface area contributed by atoms with Gasteiger partial charge in [0.2, 0.25) is 0 Å². The van der Waals surface area contributed by atoms with Crippen molar-refractivity contribution in [1.82, 2.24) is 35.4 Å². The Hall–Kier alpha value is -6.02. The van der Waals surface area contributed by atoms with Crippen LogP contribution in [0.1, 0.15) is 53.4 Å². The van der Waals surface area contributed by atoms with Gasteiger partial charge in [-0.1, -0.05) is 54.6 Å². The van der Waals surface area contributed by atoms with E-state index in [2.05, 4.69) is 20.5 Å². The second kappa shape index (κ2) is 14.6. The summed E-state index contributed by atoms with van der Waals surface area (Å²) in [5, 5.41) is 11.4. The number of ether oxygens (including phenoxy) is 2. The fraction of sp³-hybridized carbons (Fsp3) is 0.333. The number of benzene rings is 3. The number of amides is 2. The molecule has 2 N–H and O–H groups in total. The fourth-order valence-electron chi connectivity index (χ4n) is 8.85. The first-order valence-electron chi connectivity index (χ1n) is 19.0. The molecule has 5 heterocycles. The molecule has 3 fully saturated rings. The summed E-state index contributed by atoms with van der Waals surface area (Å²) < 4.78 is 43.8. The number of carbonyl (C=O) groups excluding carboxylic acids is 2. The molecule has 1 aliphatic carbocycles. The fourth-order valence-corrected chi connectivity index (χ4v) is 8.85. The van der Waals surface area contributed by atoms with Gasteiger partial charge in [-0.15, -0.1) is 0 Å². The molecule has 14 heteroatoms. The van der Waals surface area contributed by atoms with Gasteiger partial charge in [-0.05, 0) is 66.8 Å². The Morgan fingerprint density at radius 3 is 2.66 bits per heavy atom. The van der Waals surface area contributed by atoms with E-state index in [4.69, 9.17) is 24.5 Å². The van der Waals surface area contributed by atoms with E-state index in [9.17, 15) is 14.0 Å². The van der Waals surface area contributed by atoms with Gasteiger partial charge in [-0.2, -0.15) is 5.10 Å². The Labute approximate surface area is 321 Å². The van der Waals surface area contributed by atoms with Crippen LogP contribution in [-0.4, -0.2) is 70.0 Å². The predicted octanol–water partition coefficient (Wildman–Crippen LogP) is 6.70. The zero-order valence-corrected chi connectivity index (χ0v) is 30.8. The van der Waals surface area contributed by atoms with Gasteiger partial charge in [0.15, 0.2) is 23.5 Å². The number of aromatic nitrogens is 5. The number of hydrogen-bond donors (Lipinski definition) is 2. The summed E-state index contributed by atoms with van der Waals surface area (Å²) in [5.41, 5.74) is 3.75. The van der Waals surface area contributed by atoms with Gasteiger partial charge in [-0.3, -0.25) is 9.78 Å². The second-order valence-electron chi connectivity index (χ2n) is 14.7. The molecule has 4 atom stereocenters. The second-order valence-corrected chi connectivity index (χ2v) is 14.7. The Morgan fingerprint density at radius 1 is 0.964 bits per heavy atom. The van der Waals surface area contributed by atoms with Crippen molar-refractivity contribution < 1.29 is 27.8 Å².